The van der Waals surface area contributed by atoms with Gasteiger partial charge < -0.3 is 15.2 Å². The minimum Gasteiger partial charge on any atom is -0.363 e. The van der Waals surface area contributed by atoms with E-state index in [1.54, 1.807) is 6.20 Å². The Morgan fingerprint density at radius 1 is 1.20 bits per heavy atom. The lowest BCUT2D eigenvalue weighted by atomic mass is 9.99. The highest BCUT2D eigenvalue weighted by Crippen LogP contribution is 2.43. The molecule has 0 bridgehead atoms. The highest BCUT2D eigenvalue weighted by atomic mass is 16.2. The van der Waals surface area contributed by atoms with Crippen molar-refractivity contribution < 1.29 is 9.59 Å². The predicted octanol–water partition coefficient (Wildman–Crippen LogP) is 4.16. The van der Waals surface area contributed by atoms with Gasteiger partial charge in [0.2, 0.25) is 5.91 Å². The van der Waals surface area contributed by atoms with E-state index in [0.29, 0.717) is 24.2 Å². The number of hydrazine groups is 1. The number of nitrogens with two attached hydrogens (primary N) is 1. The van der Waals surface area contributed by atoms with Crippen LogP contribution in [0.5, 0.6) is 0 Å². The van der Waals surface area contributed by atoms with Crippen LogP contribution in [0.1, 0.15) is 56.6 Å². The fraction of sp³-hybridized carbons (Fsp3) is 0.464. The van der Waals surface area contributed by atoms with Crippen molar-refractivity contribution in [3.63, 3.8) is 0 Å². The van der Waals surface area contributed by atoms with Gasteiger partial charge in [-0.05, 0) is 67.2 Å². The Balaban J connectivity index is 1.17. The molecular formula is C28H35N5O2. The lowest BCUT2D eigenvalue weighted by Gasteiger charge is -2.17. The van der Waals surface area contributed by atoms with Crippen LogP contribution in [-0.4, -0.2) is 40.8 Å². The van der Waals surface area contributed by atoms with Crippen LogP contribution >= 0.6 is 0 Å². The van der Waals surface area contributed by atoms with Gasteiger partial charge in [0.25, 0.3) is 0 Å². The molecule has 1 saturated heterocycles. The average Bonchev–Trinajstić information content (AvgIpc) is 3.79. The van der Waals surface area contributed by atoms with Crippen LogP contribution in [0, 0.1) is 11.8 Å². The van der Waals surface area contributed by atoms with Crippen molar-refractivity contribution >= 4 is 28.8 Å². The molecule has 1 unspecified atom stereocenters. The van der Waals surface area contributed by atoms with Gasteiger partial charge in [-0.25, -0.2) is 10.8 Å². The number of aromatic nitrogens is 1. The van der Waals surface area contributed by atoms with Crippen LogP contribution in [0.25, 0.3) is 5.57 Å². The standard InChI is InChI=1S/C28H35N5O2/c1-2-20(18-33(29)23-8-9-23)22-5-3-4-19(14-22)15-25(34)17-31-27-16-24(10-12-30-27)32-13-11-26(28(32)35)21-6-7-21/h3-5,10,12,14,16,18,21,23,26H,2,6-9,11,13,15,17,29H2,1H3,(H,30,31)/b20-18+. The Morgan fingerprint density at radius 3 is 2.77 bits per heavy atom. The zero-order valence-electron chi connectivity index (χ0n) is 20.5. The number of allylic oxidation sites excluding steroid dienone is 1. The quantitative estimate of drug-likeness (QED) is 0.376. The van der Waals surface area contributed by atoms with Crippen LogP contribution < -0.4 is 16.1 Å². The summed E-state index contributed by atoms with van der Waals surface area (Å²) >= 11 is 0. The van der Waals surface area contributed by atoms with E-state index in [0.717, 1.165) is 49.0 Å². The molecule has 2 aliphatic carbocycles. The maximum Gasteiger partial charge on any atom is 0.230 e. The Morgan fingerprint density at radius 2 is 2.03 bits per heavy atom. The lowest BCUT2D eigenvalue weighted by molar-refractivity contribution is -0.121. The summed E-state index contributed by atoms with van der Waals surface area (Å²) in [7, 11) is 0. The highest BCUT2D eigenvalue weighted by molar-refractivity contribution is 5.97. The third-order valence-electron chi connectivity index (χ3n) is 7.31. The molecule has 0 spiro atoms. The summed E-state index contributed by atoms with van der Waals surface area (Å²) < 4.78 is 0. The molecule has 1 aliphatic heterocycles. The molecule has 5 rings (SSSR count). The molecule has 1 amide bonds. The minimum atomic E-state index is 0.0841. The number of anilines is 2. The van der Waals surface area contributed by atoms with E-state index in [-0.39, 0.29) is 24.2 Å². The summed E-state index contributed by atoms with van der Waals surface area (Å²) in [6, 6.07) is 12.4. The second-order valence-corrected chi connectivity index (χ2v) is 10.1. The van der Waals surface area contributed by atoms with Crippen molar-refractivity contribution in [1.29, 1.82) is 0 Å². The van der Waals surface area contributed by atoms with E-state index in [9.17, 15) is 9.59 Å². The number of ketones is 1. The first-order chi connectivity index (χ1) is 17.0. The van der Waals surface area contributed by atoms with E-state index in [1.807, 2.05) is 40.4 Å². The van der Waals surface area contributed by atoms with Gasteiger partial charge in [0, 0.05) is 49.1 Å². The van der Waals surface area contributed by atoms with Gasteiger partial charge in [-0.1, -0.05) is 31.2 Å². The number of hydrogen-bond donors (Lipinski definition) is 2. The maximum absolute atomic E-state index is 12.8. The van der Waals surface area contributed by atoms with Crippen LogP contribution in [0.4, 0.5) is 11.5 Å². The van der Waals surface area contributed by atoms with Gasteiger partial charge in [-0.15, -0.1) is 0 Å². The zero-order valence-corrected chi connectivity index (χ0v) is 20.5. The number of nitrogens with zero attached hydrogens (tertiary/aromatic N) is 3. The van der Waals surface area contributed by atoms with E-state index in [2.05, 4.69) is 29.4 Å². The molecule has 2 aromatic rings. The molecular weight excluding hydrogens is 438 g/mol. The molecule has 3 aliphatic rings. The average molecular weight is 474 g/mol. The van der Waals surface area contributed by atoms with Gasteiger partial charge >= 0.3 is 0 Å². The van der Waals surface area contributed by atoms with Gasteiger partial charge in [0.15, 0.2) is 5.78 Å². The summed E-state index contributed by atoms with van der Waals surface area (Å²) in [5.74, 6) is 7.85. The Kier molecular flexibility index (Phi) is 6.86. The van der Waals surface area contributed by atoms with E-state index >= 15 is 0 Å². The molecule has 2 heterocycles. The third kappa shape index (κ3) is 5.73. The molecule has 2 saturated carbocycles. The van der Waals surface area contributed by atoms with Crippen molar-refractivity contribution in [3.8, 4) is 0 Å². The van der Waals surface area contributed by atoms with Gasteiger partial charge in [-0.3, -0.25) is 9.59 Å². The van der Waals surface area contributed by atoms with Crippen molar-refractivity contribution in [3.05, 3.63) is 59.9 Å². The summed E-state index contributed by atoms with van der Waals surface area (Å²) in [6.45, 7) is 3.07. The molecule has 7 heteroatoms. The van der Waals surface area contributed by atoms with Gasteiger partial charge in [-0.2, -0.15) is 0 Å². The second-order valence-electron chi connectivity index (χ2n) is 10.1. The summed E-state index contributed by atoms with van der Waals surface area (Å²) in [4.78, 5) is 31.7. The van der Waals surface area contributed by atoms with Crippen LogP contribution in [-0.2, 0) is 16.0 Å². The molecule has 35 heavy (non-hydrogen) atoms. The van der Waals surface area contributed by atoms with Crippen molar-refractivity contribution in [2.45, 2.75) is 57.9 Å². The molecule has 1 aromatic heterocycles. The topological polar surface area (TPSA) is 91.6 Å². The SMILES string of the molecule is CC/C(=C\N(N)C1CC1)c1cccc(CC(=O)CNc2cc(N3CCC(C4CC4)C3=O)ccn2)c1. The molecule has 3 N–H and O–H groups in total. The van der Waals surface area contributed by atoms with Crippen molar-refractivity contribution in [2.75, 3.05) is 23.3 Å². The fourth-order valence-corrected chi connectivity index (χ4v) is 4.97. The van der Waals surface area contributed by atoms with Crippen LogP contribution in [0.3, 0.4) is 0 Å². The lowest BCUT2D eigenvalue weighted by Crippen LogP contribution is -2.27. The van der Waals surface area contributed by atoms with E-state index < -0.39 is 0 Å². The Bertz CT molecular complexity index is 1120. The maximum atomic E-state index is 12.8. The summed E-state index contributed by atoms with van der Waals surface area (Å²) in [6.07, 6.45) is 10.6. The number of hydrogen-bond acceptors (Lipinski definition) is 6. The third-order valence-corrected chi connectivity index (χ3v) is 7.31. The number of nitrogens with one attached hydrogen (secondary N) is 1. The second kappa shape index (κ2) is 10.2. The first-order valence-corrected chi connectivity index (χ1v) is 12.9. The van der Waals surface area contributed by atoms with Crippen molar-refractivity contribution in [1.82, 2.24) is 9.99 Å². The number of rotatable bonds is 11. The molecule has 1 atom stereocenters. The number of amides is 1. The molecule has 7 nitrogen and oxygen atoms in total. The Labute approximate surface area is 207 Å². The molecule has 3 fully saturated rings. The van der Waals surface area contributed by atoms with Gasteiger partial charge in [0.1, 0.15) is 5.82 Å². The predicted molar refractivity (Wildman–Crippen MR) is 138 cm³/mol. The van der Waals surface area contributed by atoms with E-state index in [4.69, 9.17) is 5.84 Å². The van der Waals surface area contributed by atoms with Gasteiger partial charge in [0.05, 0.1) is 6.54 Å². The Hall–Kier alpha value is -3.19. The van der Waals surface area contributed by atoms with Crippen LogP contribution in [0.15, 0.2) is 48.8 Å². The number of carbonyl (C=O) groups excluding carboxylic acids is 2. The minimum absolute atomic E-state index is 0.0841. The van der Waals surface area contributed by atoms with Crippen LogP contribution in [0.2, 0.25) is 0 Å². The number of pyridine rings is 1. The number of benzene rings is 1. The van der Waals surface area contributed by atoms with Crippen molar-refractivity contribution in [2.24, 2.45) is 17.7 Å². The largest absolute Gasteiger partial charge is 0.363 e. The highest BCUT2D eigenvalue weighted by Gasteiger charge is 2.42. The molecule has 1 aromatic carbocycles. The fourth-order valence-electron chi connectivity index (χ4n) is 4.97. The summed E-state index contributed by atoms with van der Waals surface area (Å²) in [5.41, 5.74) is 4.12. The number of carbonyl (C=O) groups is 2. The first kappa shape index (κ1) is 23.5. The molecule has 184 valence electrons. The molecule has 0 radical (unpaired) electrons. The monoisotopic (exact) mass is 473 g/mol. The zero-order chi connectivity index (χ0) is 24.4. The first-order valence-electron chi connectivity index (χ1n) is 12.9. The number of Topliss-reactive ketones (excluding diaryl/α,β-unsaturated/α-hetero) is 1. The van der Waals surface area contributed by atoms with E-state index in [1.165, 1.54) is 18.4 Å². The normalized spacial score (nSPS) is 20.3. The smallest absolute Gasteiger partial charge is 0.230 e. The summed E-state index contributed by atoms with van der Waals surface area (Å²) in [5, 5.41) is 4.97.